The lowest BCUT2D eigenvalue weighted by atomic mass is 10.3. The lowest BCUT2D eigenvalue weighted by molar-refractivity contribution is 0.354. The Morgan fingerprint density at radius 2 is 1.67 bits per heavy atom. The molecule has 0 bridgehead atoms. The molecule has 2 N–H and O–H groups in total. The fraction of sp³-hybridized carbons (Fsp3) is 0.143. The van der Waals surface area contributed by atoms with Gasteiger partial charge in [0.25, 0.3) is 10.0 Å². The van der Waals surface area contributed by atoms with Gasteiger partial charge >= 0.3 is 0 Å². The average Bonchev–Trinajstić information content (AvgIpc) is 2.48. The third kappa shape index (κ3) is 3.19. The van der Waals surface area contributed by atoms with Crippen LogP contribution in [0, 0.1) is 0 Å². The van der Waals surface area contributed by atoms with Gasteiger partial charge in [-0.1, -0.05) is 12.1 Å². The first-order chi connectivity index (χ1) is 9.97. The molecule has 6 nitrogen and oxygen atoms in total. The van der Waals surface area contributed by atoms with E-state index in [1.54, 1.807) is 12.1 Å². The number of rotatable bonds is 5. The van der Waals surface area contributed by atoms with Crippen LogP contribution in [0.1, 0.15) is 0 Å². The number of phenolic OH excluding ortho intramolecular Hbond substituents is 1. The molecular formula is C14H15NO5S. The van der Waals surface area contributed by atoms with Crippen LogP contribution < -0.4 is 14.2 Å². The maximum Gasteiger partial charge on any atom is 0.262 e. The van der Waals surface area contributed by atoms with Crippen molar-refractivity contribution in [3.63, 3.8) is 0 Å². The summed E-state index contributed by atoms with van der Waals surface area (Å²) in [6.45, 7) is 0. The molecule has 0 aliphatic rings. The van der Waals surface area contributed by atoms with Crippen molar-refractivity contribution in [2.75, 3.05) is 18.9 Å². The molecule has 0 fully saturated rings. The van der Waals surface area contributed by atoms with Gasteiger partial charge in [0.1, 0.15) is 5.75 Å². The Hall–Kier alpha value is -2.41. The Bertz CT molecular complexity index is 743. The predicted molar refractivity (Wildman–Crippen MR) is 78.5 cm³/mol. The summed E-state index contributed by atoms with van der Waals surface area (Å²) in [6.07, 6.45) is 0. The highest BCUT2D eigenvalue weighted by molar-refractivity contribution is 7.92. The highest BCUT2D eigenvalue weighted by Crippen LogP contribution is 2.31. The summed E-state index contributed by atoms with van der Waals surface area (Å²) < 4.78 is 37.1. The van der Waals surface area contributed by atoms with Gasteiger partial charge in [-0.2, -0.15) is 0 Å². The molecule has 21 heavy (non-hydrogen) atoms. The fourth-order valence-corrected chi connectivity index (χ4v) is 2.84. The molecule has 112 valence electrons. The first kappa shape index (κ1) is 15.0. The molecule has 0 atom stereocenters. The van der Waals surface area contributed by atoms with Gasteiger partial charge in [0.2, 0.25) is 0 Å². The Labute approximate surface area is 123 Å². The zero-order valence-corrected chi connectivity index (χ0v) is 12.3. The molecule has 0 aliphatic carbocycles. The Morgan fingerprint density at radius 1 is 1.00 bits per heavy atom. The van der Waals surface area contributed by atoms with E-state index >= 15 is 0 Å². The van der Waals surface area contributed by atoms with Crippen molar-refractivity contribution >= 4 is 15.7 Å². The lowest BCUT2D eigenvalue weighted by Crippen LogP contribution is -2.13. The Kier molecular flexibility index (Phi) is 4.23. The monoisotopic (exact) mass is 309 g/mol. The Morgan fingerprint density at radius 3 is 2.29 bits per heavy atom. The smallest absolute Gasteiger partial charge is 0.262 e. The zero-order valence-electron chi connectivity index (χ0n) is 11.5. The maximum absolute atomic E-state index is 12.3. The fourth-order valence-electron chi connectivity index (χ4n) is 1.75. The SMILES string of the molecule is COc1ccc(S(=O)(=O)Nc2ccccc2O)cc1OC. The van der Waals surface area contributed by atoms with Gasteiger partial charge in [-0.05, 0) is 24.3 Å². The third-order valence-corrected chi connectivity index (χ3v) is 4.18. The molecule has 2 rings (SSSR count). The van der Waals surface area contributed by atoms with Gasteiger partial charge in [0.05, 0.1) is 24.8 Å². The van der Waals surface area contributed by atoms with Crippen LogP contribution in [0.25, 0.3) is 0 Å². The summed E-state index contributed by atoms with van der Waals surface area (Å²) in [7, 11) is -0.953. The average molecular weight is 309 g/mol. The summed E-state index contributed by atoms with van der Waals surface area (Å²) in [5.74, 6) is 0.582. The molecule has 0 heterocycles. The van der Waals surface area contributed by atoms with Crippen LogP contribution in [0.2, 0.25) is 0 Å². The van der Waals surface area contributed by atoms with Crippen molar-refractivity contribution in [3.8, 4) is 17.2 Å². The molecule has 0 aromatic heterocycles. The molecule has 0 spiro atoms. The number of aromatic hydroxyl groups is 1. The third-order valence-electron chi connectivity index (χ3n) is 2.81. The molecular weight excluding hydrogens is 294 g/mol. The first-order valence-corrected chi connectivity index (χ1v) is 7.49. The number of phenols is 1. The summed E-state index contributed by atoms with van der Waals surface area (Å²) in [5.41, 5.74) is 0.104. The van der Waals surface area contributed by atoms with Crippen LogP contribution in [-0.2, 0) is 10.0 Å². The zero-order chi connectivity index (χ0) is 15.5. The number of benzene rings is 2. The van der Waals surface area contributed by atoms with Crippen molar-refractivity contribution in [1.82, 2.24) is 0 Å². The molecule has 2 aromatic rings. The van der Waals surface area contributed by atoms with Crippen molar-refractivity contribution < 1.29 is 23.0 Å². The second kappa shape index (κ2) is 5.92. The standard InChI is InChI=1S/C14H15NO5S/c1-19-13-8-7-10(9-14(13)20-2)21(17,18)15-11-5-3-4-6-12(11)16/h3-9,15-16H,1-2H3. The molecule has 2 aromatic carbocycles. The van der Waals surface area contributed by atoms with Crippen LogP contribution in [0.4, 0.5) is 5.69 Å². The van der Waals surface area contributed by atoms with Crippen molar-refractivity contribution in [2.24, 2.45) is 0 Å². The normalized spacial score (nSPS) is 11.0. The minimum absolute atomic E-state index is 0.00315. The van der Waals surface area contributed by atoms with Crippen LogP contribution in [0.5, 0.6) is 17.2 Å². The topological polar surface area (TPSA) is 84.9 Å². The minimum Gasteiger partial charge on any atom is -0.506 e. The number of methoxy groups -OCH3 is 2. The van der Waals surface area contributed by atoms with E-state index < -0.39 is 10.0 Å². The van der Waals surface area contributed by atoms with Gasteiger partial charge in [-0.25, -0.2) is 8.42 Å². The van der Waals surface area contributed by atoms with E-state index in [-0.39, 0.29) is 16.3 Å². The number of nitrogens with one attached hydrogen (secondary N) is 1. The maximum atomic E-state index is 12.3. The summed E-state index contributed by atoms with van der Waals surface area (Å²) in [6, 6.07) is 10.3. The number of ether oxygens (including phenoxy) is 2. The van der Waals surface area contributed by atoms with E-state index in [1.165, 1.54) is 44.6 Å². The van der Waals surface area contributed by atoms with Gasteiger partial charge in [0, 0.05) is 6.07 Å². The first-order valence-electron chi connectivity index (χ1n) is 6.01. The van der Waals surface area contributed by atoms with Crippen LogP contribution >= 0.6 is 0 Å². The number of hydrogen-bond acceptors (Lipinski definition) is 5. The number of anilines is 1. The van der Waals surface area contributed by atoms with Crippen LogP contribution in [-0.4, -0.2) is 27.7 Å². The number of para-hydroxylation sites is 2. The minimum atomic E-state index is -3.84. The van der Waals surface area contributed by atoms with E-state index in [4.69, 9.17) is 9.47 Å². The van der Waals surface area contributed by atoms with E-state index in [0.29, 0.717) is 11.5 Å². The largest absolute Gasteiger partial charge is 0.506 e. The quantitative estimate of drug-likeness (QED) is 0.827. The summed E-state index contributed by atoms with van der Waals surface area (Å²) in [4.78, 5) is 0.00315. The van der Waals surface area contributed by atoms with E-state index in [1.807, 2.05) is 0 Å². The molecule has 0 aliphatic heterocycles. The van der Waals surface area contributed by atoms with E-state index in [9.17, 15) is 13.5 Å². The molecule has 0 radical (unpaired) electrons. The second-order valence-corrected chi connectivity index (χ2v) is 5.82. The van der Waals surface area contributed by atoms with Gasteiger partial charge < -0.3 is 14.6 Å². The van der Waals surface area contributed by atoms with Crippen molar-refractivity contribution in [2.45, 2.75) is 4.90 Å². The van der Waals surface area contributed by atoms with E-state index in [2.05, 4.69) is 4.72 Å². The van der Waals surface area contributed by atoms with Crippen LogP contribution in [0.3, 0.4) is 0 Å². The molecule has 0 amide bonds. The highest BCUT2D eigenvalue weighted by Gasteiger charge is 2.18. The number of hydrogen-bond donors (Lipinski definition) is 2. The predicted octanol–water partition coefficient (Wildman–Crippen LogP) is 2.21. The lowest BCUT2D eigenvalue weighted by Gasteiger charge is -2.12. The molecule has 0 saturated heterocycles. The van der Waals surface area contributed by atoms with Gasteiger partial charge in [-0.15, -0.1) is 0 Å². The summed E-state index contributed by atoms with van der Waals surface area (Å²) >= 11 is 0. The molecule has 0 unspecified atom stereocenters. The molecule has 7 heteroatoms. The van der Waals surface area contributed by atoms with Gasteiger partial charge in [-0.3, -0.25) is 4.72 Å². The highest BCUT2D eigenvalue weighted by atomic mass is 32.2. The van der Waals surface area contributed by atoms with Crippen LogP contribution in [0.15, 0.2) is 47.4 Å². The van der Waals surface area contributed by atoms with Crippen molar-refractivity contribution in [1.29, 1.82) is 0 Å². The summed E-state index contributed by atoms with van der Waals surface area (Å²) in [5, 5.41) is 9.63. The Balaban J connectivity index is 2.38. The number of sulfonamides is 1. The van der Waals surface area contributed by atoms with E-state index in [0.717, 1.165) is 0 Å². The van der Waals surface area contributed by atoms with Crippen molar-refractivity contribution in [3.05, 3.63) is 42.5 Å². The molecule has 0 saturated carbocycles. The second-order valence-electron chi connectivity index (χ2n) is 4.14. The van der Waals surface area contributed by atoms with Gasteiger partial charge in [0.15, 0.2) is 11.5 Å².